The van der Waals surface area contributed by atoms with Gasteiger partial charge in [0, 0.05) is 24.1 Å². The van der Waals surface area contributed by atoms with E-state index in [0.29, 0.717) is 55.4 Å². The molecule has 2 aromatic rings. The van der Waals surface area contributed by atoms with Gasteiger partial charge in [0.1, 0.15) is 24.7 Å². The molecule has 37 heavy (non-hydrogen) atoms. The molecule has 1 saturated carbocycles. The van der Waals surface area contributed by atoms with Gasteiger partial charge in [-0.15, -0.1) is 0 Å². The molecule has 2 heterocycles. The summed E-state index contributed by atoms with van der Waals surface area (Å²) in [5.41, 5.74) is 2.25. The van der Waals surface area contributed by atoms with E-state index in [0.717, 1.165) is 30.8 Å². The summed E-state index contributed by atoms with van der Waals surface area (Å²) in [4.78, 5) is 41.1. The highest BCUT2D eigenvalue weighted by atomic mass is 16.5. The zero-order valence-electron chi connectivity index (χ0n) is 20.7. The Labute approximate surface area is 219 Å². The number of hydrogen-bond donors (Lipinski definition) is 0. The molecule has 0 spiro atoms. The van der Waals surface area contributed by atoms with Crippen molar-refractivity contribution >= 4 is 25.9 Å². The summed E-state index contributed by atoms with van der Waals surface area (Å²) in [5.74, 6) is 1.57. The zero-order valence-corrected chi connectivity index (χ0v) is 20.7. The molecule has 0 aromatic heterocycles. The van der Waals surface area contributed by atoms with Crippen LogP contribution >= 0.6 is 0 Å². The molecule has 1 saturated heterocycles. The van der Waals surface area contributed by atoms with Crippen molar-refractivity contribution in [2.45, 2.75) is 51.3 Å². The van der Waals surface area contributed by atoms with Crippen LogP contribution in [-0.4, -0.2) is 75.1 Å². The molecule has 3 aliphatic rings. The second-order valence-corrected chi connectivity index (χ2v) is 9.62. The largest absolute Gasteiger partial charge is 0.493 e. The highest BCUT2D eigenvalue weighted by Crippen LogP contribution is 2.35. The maximum Gasteiger partial charge on any atom is 0.255 e. The minimum atomic E-state index is -0.544. The fourth-order valence-corrected chi connectivity index (χ4v) is 5.27. The molecular weight excluding hydrogens is 471 g/mol. The highest BCUT2D eigenvalue weighted by Gasteiger charge is 2.40. The molecule has 0 N–H and O–H groups in total. The van der Waals surface area contributed by atoms with Crippen molar-refractivity contribution in [2.24, 2.45) is 0 Å². The number of likely N-dealkylation sites (tertiary alicyclic amines) is 1. The summed E-state index contributed by atoms with van der Waals surface area (Å²) < 4.78 is 17.6. The number of fused-ring (bicyclic) bond motifs is 1. The number of ether oxygens (including phenoxy) is 3. The second-order valence-electron chi connectivity index (χ2n) is 9.62. The quantitative estimate of drug-likeness (QED) is 0.381. The van der Waals surface area contributed by atoms with Crippen LogP contribution in [0.25, 0.3) is 0 Å². The number of rotatable bonds is 9. The van der Waals surface area contributed by atoms with E-state index in [1.165, 1.54) is 12.8 Å². The van der Waals surface area contributed by atoms with Crippen LogP contribution in [0, 0.1) is 0 Å². The summed E-state index contributed by atoms with van der Waals surface area (Å²) in [6, 6.07) is 10.6. The van der Waals surface area contributed by atoms with Crippen LogP contribution < -0.4 is 14.2 Å². The smallest absolute Gasteiger partial charge is 0.255 e. The van der Waals surface area contributed by atoms with E-state index in [-0.39, 0.29) is 32.3 Å². The van der Waals surface area contributed by atoms with Gasteiger partial charge in [-0.05, 0) is 62.2 Å². The number of ketones is 2. The summed E-state index contributed by atoms with van der Waals surface area (Å²) in [7, 11) is 1.62. The van der Waals surface area contributed by atoms with Crippen LogP contribution in [0.1, 0.15) is 53.6 Å². The minimum absolute atomic E-state index is 0. The molecule has 2 aromatic carbocycles. The van der Waals surface area contributed by atoms with E-state index in [2.05, 4.69) is 4.90 Å². The summed E-state index contributed by atoms with van der Waals surface area (Å²) in [5, 5.41) is 0. The molecule has 196 valence electrons. The Morgan fingerprint density at radius 1 is 0.973 bits per heavy atom. The first-order valence-electron chi connectivity index (χ1n) is 12.7. The van der Waals surface area contributed by atoms with E-state index in [4.69, 9.17) is 14.2 Å². The SMILES string of the molecule is B.COc1cc(COc2cccc3c2CN(C2CCC(=O)CC2=O)C3=O)ccc1OCCN1CCCC1. The fourth-order valence-electron chi connectivity index (χ4n) is 5.27. The average Bonchev–Trinajstić information content (AvgIpc) is 3.52. The Balaban J connectivity index is 0.00000320. The van der Waals surface area contributed by atoms with E-state index >= 15 is 0 Å². The van der Waals surface area contributed by atoms with Crippen molar-refractivity contribution in [1.29, 1.82) is 0 Å². The Bertz CT molecular complexity index is 1160. The lowest BCUT2D eigenvalue weighted by Crippen LogP contribution is -2.44. The molecule has 1 aliphatic carbocycles. The average molecular weight is 506 g/mol. The lowest BCUT2D eigenvalue weighted by atomic mass is 9.92. The fraction of sp³-hybridized carbons (Fsp3) is 0.464. The molecule has 1 atom stereocenters. The van der Waals surface area contributed by atoms with Crippen LogP contribution in [0.15, 0.2) is 36.4 Å². The topological polar surface area (TPSA) is 85.4 Å². The first-order valence-corrected chi connectivity index (χ1v) is 12.7. The van der Waals surface area contributed by atoms with E-state index in [1.807, 2.05) is 24.3 Å². The number of Topliss-reactive ketones (excluding diaryl/α,β-unsaturated/α-hetero) is 2. The Kier molecular flexibility index (Phi) is 8.54. The van der Waals surface area contributed by atoms with Crippen molar-refractivity contribution in [1.82, 2.24) is 9.80 Å². The number of amides is 1. The van der Waals surface area contributed by atoms with Crippen LogP contribution in [0.4, 0.5) is 0 Å². The summed E-state index contributed by atoms with van der Waals surface area (Å²) in [6.45, 7) is 4.41. The summed E-state index contributed by atoms with van der Waals surface area (Å²) in [6.07, 6.45) is 3.15. The zero-order chi connectivity index (χ0) is 25.1. The van der Waals surface area contributed by atoms with E-state index < -0.39 is 6.04 Å². The van der Waals surface area contributed by atoms with Crippen molar-refractivity contribution < 1.29 is 28.6 Å². The predicted molar refractivity (Wildman–Crippen MR) is 142 cm³/mol. The molecule has 1 unspecified atom stereocenters. The molecule has 9 heteroatoms. The number of hydrogen-bond acceptors (Lipinski definition) is 7. The van der Waals surface area contributed by atoms with Crippen molar-refractivity contribution in [3.63, 3.8) is 0 Å². The molecule has 0 bridgehead atoms. The van der Waals surface area contributed by atoms with Gasteiger partial charge in [0.15, 0.2) is 17.3 Å². The van der Waals surface area contributed by atoms with Crippen LogP contribution in [-0.2, 0) is 22.7 Å². The lowest BCUT2D eigenvalue weighted by molar-refractivity contribution is -0.133. The van der Waals surface area contributed by atoms with Gasteiger partial charge in [0.25, 0.3) is 5.91 Å². The van der Waals surface area contributed by atoms with Crippen LogP contribution in [0.3, 0.4) is 0 Å². The van der Waals surface area contributed by atoms with E-state index in [9.17, 15) is 14.4 Å². The van der Waals surface area contributed by atoms with Crippen molar-refractivity contribution in [3.8, 4) is 17.2 Å². The number of nitrogens with zero attached hydrogens (tertiary/aromatic N) is 2. The normalized spacial score (nSPS) is 19.5. The molecule has 2 fully saturated rings. The van der Waals surface area contributed by atoms with Gasteiger partial charge in [0.05, 0.1) is 34.5 Å². The van der Waals surface area contributed by atoms with Crippen molar-refractivity contribution in [3.05, 3.63) is 53.1 Å². The third-order valence-electron chi connectivity index (χ3n) is 7.25. The number of carbonyl (C=O) groups is 3. The maximum atomic E-state index is 13.0. The maximum absolute atomic E-state index is 13.0. The third kappa shape index (κ3) is 5.82. The standard InChI is InChI=1S/C28H32N2O6.BH3/c1-34-27-15-19(7-10-26(27)35-14-13-29-11-2-3-12-29)18-36-25-6-4-5-21-22(25)17-30(28(21)33)23-9-8-20(31)16-24(23)32;/h4-7,10,15,23H,2-3,8-9,11-14,16-18H2,1H3;1H3. The van der Waals surface area contributed by atoms with Gasteiger partial charge in [-0.3, -0.25) is 19.3 Å². The van der Waals surface area contributed by atoms with Crippen LogP contribution in [0.5, 0.6) is 17.2 Å². The minimum Gasteiger partial charge on any atom is -0.493 e. The van der Waals surface area contributed by atoms with E-state index in [1.54, 1.807) is 24.1 Å². The Hall–Kier alpha value is -3.33. The highest BCUT2D eigenvalue weighted by molar-refractivity contribution is 6.07. The molecule has 8 nitrogen and oxygen atoms in total. The second kappa shape index (κ2) is 11.8. The first-order chi connectivity index (χ1) is 17.5. The van der Waals surface area contributed by atoms with Crippen molar-refractivity contribution in [2.75, 3.05) is 33.4 Å². The van der Waals surface area contributed by atoms with Gasteiger partial charge < -0.3 is 19.1 Å². The van der Waals surface area contributed by atoms with Gasteiger partial charge in [-0.25, -0.2) is 0 Å². The molecular formula is C28H35BN2O6. The third-order valence-corrected chi connectivity index (χ3v) is 7.25. The lowest BCUT2D eigenvalue weighted by Gasteiger charge is -2.29. The van der Waals surface area contributed by atoms with Gasteiger partial charge in [0.2, 0.25) is 0 Å². The molecule has 2 aliphatic heterocycles. The molecule has 0 radical (unpaired) electrons. The molecule has 5 rings (SSSR count). The number of methoxy groups -OCH3 is 1. The Morgan fingerprint density at radius 3 is 2.54 bits per heavy atom. The number of benzene rings is 2. The summed E-state index contributed by atoms with van der Waals surface area (Å²) >= 11 is 0. The molecule has 1 amide bonds. The first kappa shape index (κ1) is 26.7. The van der Waals surface area contributed by atoms with Gasteiger partial charge >= 0.3 is 0 Å². The predicted octanol–water partition coefficient (Wildman–Crippen LogP) is 2.21. The number of carbonyl (C=O) groups excluding carboxylic acids is 3. The van der Waals surface area contributed by atoms with Crippen LogP contribution in [0.2, 0.25) is 0 Å². The Morgan fingerprint density at radius 2 is 1.78 bits per heavy atom. The van der Waals surface area contributed by atoms with Gasteiger partial charge in [-0.2, -0.15) is 0 Å². The van der Waals surface area contributed by atoms with Gasteiger partial charge in [-0.1, -0.05) is 12.1 Å². The monoisotopic (exact) mass is 506 g/mol.